The van der Waals surface area contributed by atoms with Crippen LogP contribution in [0.1, 0.15) is 5.56 Å². The second-order valence-electron chi connectivity index (χ2n) is 4.48. The van der Waals surface area contributed by atoms with E-state index < -0.39 is 36.2 Å². The van der Waals surface area contributed by atoms with Crippen molar-refractivity contribution in [2.75, 3.05) is 0 Å². The Morgan fingerprint density at radius 1 is 1.20 bits per heavy atom. The van der Waals surface area contributed by atoms with E-state index in [0.717, 1.165) is 0 Å². The van der Waals surface area contributed by atoms with Gasteiger partial charge in [-0.25, -0.2) is 4.79 Å². The van der Waals surface area contributed by atoms with Crippen LogP contribution in [0.25, 0.3) is 0 Å². The third kappa shape index (κ3) is 2.24. The Morgan fingerprint density at radius 2 is 1.75 bits per heavy atom. The Balaban J connectivity index is 2.26. The van der Waals surface area contributed by atoms with Gasteiger partial charge in [-0.3, -0.25) is 0 Å². The topological polar surface area (TPSA) is 49.8 Å². The molecule has 0 radical (unpaired) electrons. The second kappa shape index (κ2) is 4.41. The van der Waals surface area contributed by atoms with E-state index in [0.29, 0.717) is 5.56 Å². The van der Waals surface area contributed by atoms with Gasteiger partial charge in [0.15, 0.2) is 6.10 Å². The van der Waals surface area contributed by atoms with E-state index in [1.807, 2.05) is 0 Å². The molecule has 2 rings (SSSR count). The zero-order valence-corrected chi connectivity index (χ0v) is 9.82. The van der Waals surface area contributed by atoms with E-state index in [4.69, 9.17) is 5.11 Å². The highest BCUT2D eigenvalue weighted by molar-refractivity contribution is 5.82. The van der Waals surface area contributed by atoms with Gasteiger partial charge >= 0.3 is 18.1 Å². The van der Waals surface area contributed by atoms with Crippen molar-refractivity contribution in [2.24, 2.45) is 0 Å². The van der Waals surface area contributed by atoms with Crippen molar-refractivity contribution in [3.63, 3.8) is 0 Å². The average molecular weight is 296 g/mol. The second-order valence-corrected chi connectivity index (χ2v) is 4.48. The molecule has 1 aromatic carbocycles. The number of aliphatic carboxylic acids is 1. The summed E-state index contributed by atoms with van der Waals surface area (Å²) in [5, 5.41) is 8.94. The molecule has 0 aliphatic carbocycles. The quantitative estimate of drug-likeness (QED) is 0.686. The van der Waals surface area contributed by atoms with Crippen LogP contribution in [0.5, 0.6) is 0 Å². The number of hydrogen-bond donors (Lipinski definition) is 1. The number of epoxide rings is 1. The molecular formula is C12H9F5O3. The Labute approximate surface area is 110 Å². The van der Waals surface area contributed by atoms with Gasteiger partial charge in [0, 0.05) is 6.42 Å². The summed E-state index contributed by atoms with van der Waals surface area (Å²) < 4.78 is 67.4. The van der Waals surface area contributed by atoms with Crippen LogP contribution in [-0.4, -0.2) is 34.9 Å². The minimum Gasteiger partial charge on any atom is -0.479 e. The SMILES string of the molecule is O=C(O)C1(Cc2ccccc2)OC1C(F)(F)C(F)(F)F. The monoisotopic (exact) mass is 296 g/mol. The number of benzene rings is 1. The number of carboxylic acid groups (broad SMARTS) is 1. The molecule has 1 saturated heterocycles. The van der Waals surface area contributed by atoms with Gasteiger partial charge in [0.2, 0.25) is 5.60 Å². The number of ether oxygens (including phenoxy) is 1. The Kier molecular flexibility index (Phi) is 3.24. The van der Waals surface area contributed by atoms with Gasteiger partial charge in [-0.05, 0) is 5.56 Å². The third-order valence-electron chi connectivity index (χ3n) is 3.07. The summed E-state index contributed by atoms with van der Waals surface area (Å²) in [6.07, 6.45) is -9.13. The largest absolute Gasteiger partial charge is 0.479 e. The first-order chi connectivity index (χ1) is 9.11. The summed E-state index contributed by atoms with van der Waals surface area (Å²) in [5.74, 6) is -7.05. The number of halogens is 5. The zero-order chi connectivity index (χ0) is 15.2. The lowest BCUT2D eigenvalue weighted by Gasteiger charge is -2.19. The molecule has 0 aromatic heterocycles. The fourth-order valence-electron chi connectivity index (χ4n) is 1.96. The Bertz CT molecular complexity index is 514. The summed E-state index contributed by atoms with van der Waals surface area (Å²) in [6.45, 7) is 0. The molecule has 1 fully saturated rings. The lowest BCUT2D eigenvalue weighted by Crippen LogP contribution is -2.47. The molecular weight excluding hydrogens is 287 g/mol. The van der Waals surface area contributed by atoms with Crippen molar-refractivity contribution < 1.29 is 36.6 Å². The van der Waals surface area contributed by atoms with Crippen LogP contribution >= 0.6 is 0 Å². The molecule has 1 heterocycles. The molecule has 0 amide bonds. The van der Waals surface area contributed by atoms with Crippen molar-refractivity contribution in [1.29, 1.82) is 0 Å². The minimum atomic E-state index is -5.86. The van der Waals surface area contributed by atoms with E-state index >= 15 is 0 Å². The van der Waals surface area contributed by atoms with E-state index in [9.17, 15) is 26.7 Å². The molecule has 1 aromatic rings. The highest BCUT2D eigenvalue weighted by Gasteiger charge is 2.80. The molecule has 0 spiro atoms. The van der Waals surface area contributed by atoms with Gasteiger partial charge in [-0.1, -0.05) is 30.3 Å². The molecule has 0 bridgehead atoms. The summed E-state index contributed by atoms with van der Waals surface area (Å²) in [7, 11) is 0. The first-order valence-electron chi connectivity index (χ1n) is 5.51. The summed E-state index contributed by atoms with van der Waals surface area (Å²) in [4.78, 5) is 11.0. The molecule has 3 nitrogen and oxygen atoms in total. The zero-order valence-electron chi connectivity index (χ0n) is 9.82. The van der Waals surface area contributed by atoms with Crippen LogP contribution in [0.4, 0.5) is 22.0 Å². The number of carbonyl (C=O) groups is 1. The van der Waals surface area contributed by atoms with E-state index in [2.05, 4.69) is 4.74 Å². The first-order valence-corrected chi connectivity index (χ1v) is 5.51. The molecule has 1 aliphatic heterocycles. The van der Waals surface area contributed by atoms with Gasteiger partial charge in [-0.2, -0.15) is 22.0 Å². The van der Waals surface area contributed by atoms with Gasteiger partial charge in [-0.15, -0.1) is 0 Å². The lowest BCUT2D eigenvalue weighted by atomic mass is 9.93. The highest BCUT2D eigenvalue weighted by Crippen LogP contribution is 2.54. The molecule has 8 heteroatoms. The van der Waals surface area contributed by atoms with Gasteiger partial charge in [0.05, 0.1) is 0 Å². The van der Waals surface area contributed by atoms with Crippen molar-refractivity contribution in [3.8, 4) is 0 Å². The fraction of sp³-hybridized carbons (Fsp3) is 0.417. The number of carboxylic acids is 1. The fourth-order valence-corrected chi connectivity index (χ4v) is 1.96. The minimum absolute atomic E-state index is 0.301. The average Bonchev–Trinajstić information content (AvgIpc) is 3.05. The summed E-state index contributed by atoms with van der Waals surface area (Å²) in [5.41, 5.74) is -2.24. The molecule has 20 heavy (non-hydrogen) atoms. The van der Waals surface area contributed by atoms with Crippen LogP contribution in [0.3, 0.4) is 0 Å². The van der Waals surface area contributed by atoms with Crippen LogP contribution < -0.4 is 0 Å². The van der Waals surface area contributed by atoms with Crippen LogP contribution in [0.2, 0.25) is 0 Å². The van der Waals surface area contributed by atoms with Crippen molar-refractivity contribution in [2.45, 2.75) is 30.2 Å². The molecule has 0 saturated carbocycles. The van der Waals surface area contributed by atoms with Crippen LogP contribution in [0.15, 0.2) is 30.3 Å². The van der Waals surface area contributed by atoms with E-state index in [-0.39, 0.29) is 0 Å². The van der Waals surface area contributed by atoms with Crippen molar-refractivity contribution in [3.05, 3.63) is 35.9 Å². The number of rotatable bonds is 4. The van der Waals surface area contributed by atoms with Gasteiger partial charge < -0.3 is 9.84 Å². The van der Waals surface area contributed by atoms with Crippen molar-refractivity contribution in [1.82, 2.24) is 0 Å². The molecule has 110 valence electrons. The maximum atomic E-state index is 13.2. The van der Waals surface area contributed by atoms with Gasteiger partial charge in [0.25, 0.3) is 0 Å². The predicted molar refractivity (Wildman–Crippen MR) is 56.4 cm³/mol. The molecule has 1 aliphatic rings. The molecule has 2 atom stereocenters. The van der Waals surface area contributed by atoms with Crippen molar-refractivity contribution >= 4 is 5.97 Å². The number of alkyl halides is 5. The maximum absolute atomic E-state index is 13.2. The molecule has 2 unspecified atom stereocenters. The summed E-state index contributed by atoms with van der Waals surface area (Å²) >= 11 is 0. The number of hydrogen-bond acceptors (Lipinski definition) is 2. The highest BCUT2D eigenvalue weighted by atomic mass is 19.4. The summed E-state index contributed by atoms with van der Waals surface area (Å²) in [6, 6.07) is 7.49. The molecule has 1 N–H and O–H groups in total. The van der Waals surface area contributed by atoms with Gasteiger partial charge in [0.1, 0.15) is 0 Å². The van der Waals surface area contributed by atoms with E-state index in [1.54, 1.807) is 6.07 Å². The van der Waals surface area contributed by atoms with Crippen LogP contribution in [0, 0.1) is 0 Å². The van der Waals surface area contributed by atoms with Crippen LogP contribution in [-0.2, 0) is 16.0 Å². The maximum Gasteiger partial charge on any atom is 0.456 e. The predicted octanol–water partition coefficient (Wildman–Crippen LogP) is 2.65. The Hall–Kier alpha value is -1.70. The normalized spacial score (nSPS) is 26.4. The van der Waals surface area contributed by atoms with E-state index in [1.165, 1.54) is 24.3 Å². The Morgan fingerprint density at radius 3 is 2.20 bits per heavy atom. The first kappa shape index (κ1) is 14.7. The standard InChI is InChI=1S/C12H9F5O3/c13-11(14,12(15,16)17)8-10(20-8,9(18)19)6-7-4-2-1-3-5-7/h1-5,8H,6H2,(H,18,19). The smallest absolute Gasteiger partial charge is 0.456 e. The lowest BCUT2D eigenvalue weighted by molar-refractivity contribution is -0.288. The third-order valence-corrected chi connectivity index (χ3v) is 3.07.